The molecule has 1 heterocycles. The lowest BCUT2D eigenvalue weighted by Crippen LogP contribution is -2.06. The fourth-order valence-corrected chi connectivity index (χ4v) is 3.67. The Labute approximate surface area is 178 Å². The molecule has 3 aromatic carbocycles. The zero-order valence-corrected chi connectivity index (χ0v) is 17.9. The fourth-order valence-electron chi connectivity index (χ4n) is 3.22. The fraction of sp³-hybridized carbons (Fsp3) is 0.217. The van der Waals surface area contributed by atoms with Crippen molar-refractivity contribution in [1.82, 2.24) is 0 Å². The highest BCUT2D eigenvalue weighted by Gasteiger charge is 2.17. The lowest BCUT2D eigenvalue weighted by atomic mass is 10.1. The summed E-state index contributed by atoms with van der Waals surface area (Å²) in [5.74, 6) is 2.93. The molecule has 150 valence electrons. The molecule has 1 aliphatic heterocycles. The standard InChI is InChI=1S/C23H22BrNO4/c1-15-4-3-5-16(10-15)13-27-23-18(19(24)7-9-21(23)26-2)12-25-17-6-8-20-22(11-17)29-14-28-20/h3-11,25H,12-14H2,1-2H3. The van der Waals surface area contributed by atoms with Crippen molar-refractivity contribution >= 4 is 21.6 Å². The molecule has 0 spiro atoms. The zero-order valence-electron chi connectivity index (χ0n) is 16.3. The number of hydrogen-bond acceptors (Lipinski definition) is 5. The van der Waals surface area contributed by atoms with E-state index in [0.717, 1.165) is 38.5 Å². The first-order valence-electron chi connectivity index (χ1n) is 9.31. The Morgan fingerprint density at radius 2 is 1.90 bits per heavy atom. The molecule has 0 aliphatic carbocycles. The first kappa shape index (κ1) is 19.5. The monoisotopic (exact) mass is 455 g/mol. The number of halogens is 1. The molecule has 0 atom stereocenters. The van der Waals surface area contributed by atoms with Crippen LogP contribution in [-0.4, -0.2) is 13.9 Å². The quantitative estimate of drug-likeness (QED) is 0.496. The van der Waals surface area contributed by atoms with E-state index < -0.39 is 0 Å². The van der Waals surface area contributed by atoms with Gasteiger partial charge in [-0.15, -0.1) is 0 Å². The van der Waals surface area contributed by atoms with Crippen molar-refractivity contribution in [3.63, 3.8) is 0 Å². The van der Waals surface area contributed by atoms with Crippen molar-refractivity contribution in [1.29, 1.82) is 0 Å². The predicted molar refractivity (Wildman–Crippen MR) is 116 cm³/mol. The van der Waals surface area contributed by atoms with Crippen LogP contribution in [0.2, 0.25) is 0 Å². The van der Waals surface area contributed by atoms with E-state index in [0.29, 0.717) is 18.9 Å². The highest BCUT2D eigenvalue weighted by molar-refractivity contribution is 9.10. The van der Waals surface area contributed by atoms with Crippen molar-refractivity contribution < 1.29 is 18.9 Å². The van der Waals surface area contributed by atoms with Gasteiger partial charge in [0.1, 0.15) is 6.61 Å². The Bertz CT molecular complexity index is 1020. The predicted octanol–water partition coefficient (Wildman–Crippen LogP) is 5.69. The molecular weight excluding hydrogens is 434 g/mol. The van der Waals surface area contributed by atoms with E-state index in [2.05, 4.69) is 46.4 Å². The summed E-state index contributed by atoms with van der Waals surface area (Å²) in [6.45, 7) is 3.35. The maximum absolute atomic E-state index is 6.20. The van der Waals surface area contributed by atoms with Crippen LogP contribution in [0.15, 0.2) is 59.1 Å². The van der Waals surface area contributed by atoms with Crippen LogP contribution < -0.4 is 24.3 Å². The van der Waals surface area contributed by atoms with Gasteiger partial charge in [-0.05, 0) is 36.8 Å². The molecule has 4 rings (SSSR count). The van der Waals surface area contributed by atoms with Gasteiger partial charge >= 0.3 is 0 Å². The van der Waals surface area contributed by atoms with Gasteiger partial charge in [0, 0.05) is 28.3 Å². The molecule has 0 aromatic heterocycles. The second-order valence-electron chi connectivity index (χ2n) is 6.76. The summed E-state index contributed by atoms with van der Waals surface area (Å²) in [6.07, 6.45) is 0. The van der Waals surface area contributed by atoms with Crippen LogP contribution in [0, 0.1) is 6.92 Å². The third-order valence-corrected chi connectivity index (χ3v) is 5.44. The van der Waals surface area contributed by atoms with E-state index in [1.807, 2.05) is 36.4 Å². The van der Waals surface area contributed by atoms with Crippen molar-refractivity contribution in [2.75, 3.05) is 19.2 Å². The Kier molecular flexibility index (Phi) is 5.81. The molecule has 6 heteroatoms. The minimum absolute atomic E-state index is 0.261. The number of rotatable bonds is 7. The van der Waals surface area contributed by atoms with E-state index in [4.69, 9.17) is 18.9 Å². The largest absolute Gasteiger partial charge is 0.493 e. The molecule has 0 fully saturated rings. The molecule has 0 saturated carbocycles. The van der Waals surface area contributed by atoms with E-state index in [1.165, 1.54) is 5.56 Å². The number of aryl methyl sites for hydroxylation is 1. The summed E-state index contributed by atoms with van der Waals surface area (Å²) in [5, 5.41) is 3.43. The second-order valence-corrected chi connectivity index (χ2v) is 7.61. The Morgan fingerprint density at radius 3 is 2.72 bits per heavy atom. The molecular formula is C23H22BrNO4. The smallest absolute Gasteiger partial charge is 0.231 e. The molecule has 3 aromatic rings. The maximum Gasteiger partial charge on any atom is 0.231 e. The molecule has 1 aliphatic rings. The first-order valence-corrected chi connectivity index (χ1v) is 10.1. The summed E-state index contributed by atoms with van der Waals surface area (Å²) < 4.78 is 23.5. The van der Waals surface area contributed by atoms with E-state index in [-0.39, 0.29) is 6.79 Å². The zero-order chi connectivity index (χ0) is 20.2. The molecule has 0 bridgehead atoms. The number of hydrogen-bond donors (Lipinski definition) is 1. The number of benzene rings is 3. The third kappa shape index (κ3) is 4.43. The highest BCUT2D eigenvalue weighted by Crippen LogP contribution is 2.38. The molecule has 0 amide bonds. The number of fused-ring (bicyclic) bond motifs is 1. The van der Waals surface area contributed by atoms with E-state index in [1.54, 1.807) is 7.11 Å². The summed E-state index contributed by atoms with van der Waals surface area (Å²) >= 11 is 3.65. The van der Waals surface area contributed by atoms with Gasteiger partial charge < -0.3 is 24.3 Å². The van der Waals surface area contributed by atoms with Gasteiger partial charge in [0.2, 0.25) is 6.79 Å². The van der Waals surface area contributed by atoms with Gasteiger partial charge in [0.25, 0.3) is 0 Å². The number of nitrogens with one attached hydrogen (secondary N) is 1. The van der Waals surface area contributed by atoms with E-state index in [9.17, 15) is 0 Å². The summed E-state index contributed by atoms with van der Waals surface area (Å²) in [6, 6.07) is 18.0. The molecule has 29 heavy (non-hydrogen) atoms. The summed E-state index contributed by atoms with van der Waals surface area (Å²) in [4.78, 5) is 0. The van der Waals surface area contributed by atoms with Crippen LogP contribution in [0.3, 0.4) is 0 Å². The van der Waals surface area contributed by atoms with Crippen molar-refractivity contribution in [3.8, 4) is 23.0 Å². The SMILES string of the molecule is COc1ccc(Br)c(CNc2ccc3c(c2)OCO3)c1OCc1cccc(C)c1. The normalized spacial score (nSPS) is 12.0. The Morgan fingerprint density at radius 1 is 1.03 bits per heavy atom. The third-order valence-electron chi connectivity index (χ3n) is 4.69. The van der Waals surface area contributed by atoms with Gasteiger partial charge in [0.15, 0.2) is 23.0 Å². The van der Waals surface area contributed by atoms with Gasteiger partial charge in [0.05, 0.1) is 7.11 Å². The minimum atomic E-state index is 0.261. The Balaban J connectivity index is 1.55. The van der Waals surface area contributed by atoms with Crippen LogP contribution in [0.4, 0.5) is 5.69 Å². The molecule has 0 unspecified atom stereocenters. The van der Waals surface area contributed by atoms with Crippen molar-refractivity contribution in [2.24, 2.45) is 0 Å². The van der Waals surface area contributed by atoms with Gasteiger partial charge in [-0.1, -0.05) is 45.8 Å². The number of ether oxygens (including phenoxy) is 4. The maximum atomic E-state index is 6.20. The summed E-state index contributed by atoms with van der Waals surface area (Å²) in [7, 11) is 1.65. The van der Waals surface area contributed by atoms with Crippen LogP contribution in [0.5, 0.6) is 23.0 Å². The van der Waals surface area contributed by atoms with Crippen LogP contribution in [0.25, 0.3) is 0 Å². The number of methoxy groups -OCH3 is 1. The minimum Gasteiger partial charge on any atom is -0.493 e. The van der Waals surface area contributed by atoms with Crippen molar-refractivity contribution in [3.05, 3.63) is 75.8 Å². The van der Waals surface area contributed by atoms with Crippen LogP contribution >= 0.6 is 15.9 Å². The highest BCUT2D eigenvalue weighted by atomic mass is 79.9. The molecule has 0 radical (unpaired) electrons. The van der Waals surface area contributed by atoms with Gasteiger partial charge in [-0.2, -0.15) is 0 Å². The van der Waals surface area contributed by atoms with Gasteiger partial charge in [-0.25, -0.2) is 0 Å². The van der Waals surface area contributed by atoms with Crippen molar-refractivity contribution in [2.45, 2.75) is 20.1 Å². The lowest BCUT2D eigenvalue weighted by molar-refractivity contribution is 0.174. The molecule has 1 N–H and O–H groups in total. The first-order chi connectivity index (χ1) is 14.1. The van der Waals surface area contributed by atoms with Crippen LogP contribution in [-0.2, 0) is 13.2 Å². The molecule has 0 saturated heterocycles. The Hall–Kier alpha value is -2.86. The van der Waals surface area contributed by atoms with E-state index >= 15 is 0 Å². The summed E-state index contributed by atoms with van der Waals surface area (Å²) in [5.41, 5.74) is 4.24. The van der Waals surface area contributed by atoms with Gasteiger partial charge in [-0.3, -0.25) is 0 Å². The average molecular weight is 456 g/mol. The average Bonchev–Trinajstić information content (AvgIpc) is 3.19. The van der Waals surface area contributed by atoms with Crippen LogP contribution in [0.1, 0.15) is 16.7 Å². The molecule has 5 nitrogen and oxygen atoms in total. The number of anilines is 1. The second kappa shape index (κ2) is 8.66. The lowest BCUT2D eigenvalue weighted by Gasteiger charge is -2.18. The topological polar surface area (TPSA) is 49.0 Å².